The van der Waals surface area contributed by atoms with E-state index >= 15 is 0 Å². The molecule has 19 heavy (non-hydrogen) atoms. The van der Waals surface area contributed by atoms with Crippen molar-refractivity contribution in [3.05, 3.63) is 29.6 Å². The van der Waals surface area contributed by atoms with Crippen LogP contribution in [0.4, 0.5) is 4.39 Å². The van der Waals surface area contributed by atoms with E-state index < -0.39 is 5.82 Å². The first kappa shape index (κ1) is 13.3. The second kappa shape index (κ2) is 6.16. The van der Waals surface area contributed by atoms with Crippen LogP contribution in [0.5, 0.6) is 5.75 Å². The van der Waals surface area contributed by atoms with Crippen molar-refractivity contribution in [3.8, 4) is 11.8 Å². The molecule has 0 saturated carbocycles. The van der Waals surface area contributed by atoms with Crippen LogP contribution in [-0.4, -0.2) is 43.7 Å². The van der Waals surface area contributed by atoms with E-state index in [1.54, 1.807) is 11.0 Å². The molecule has 1 amide bonds. The number of carbonyl (C=O) groups excluding carboxylic acids is 1. The fraction of sp³-hybridized carbons (Fsp3) is 0.385. The fourth-order valence-electron chi connectivity index (χ4n) is 1.78. The van der Waals surface area contributed by atoms with E-state index in [2.05, 4.69) is 0 Å². The van der Waals surface area contributed by atoms with E-state index in [1.165, 1.54) is 18.2 Å². The highest BCUT2D eigenvalue weighted by molar-refractivity contribution is 5.78. The summed E-state index contributed by atoms with van der Waals surface area (Å²) >= 11 is 0. The smallest absolute Gasteiger partial charge is 0.260 e. The van der Waals surface area contributed by atoms with Gasteiger partial charge in [-0.3, -0.25) is 4.79 Å². The lowest BCUT2D eigenvalue weighted by atomic mass is 10.2. The Balaban J connectivity index is 1.97. The van der Waals surface area contributed by atoms with Gasteiger partial charge in [0.2, 0.25) is 0 Å². The summed E-state index contributed by atoms with van der Waals surface area (Å²) in [5, 5.41) is 8.83. The number of halogens is 1. The van der Waals surface area contributed by atoms with E-state index in [0.29, 0.717) is 26.3 Å². The van der Waals surface area contributed by atoms with Gasteiger partial charge < -0.3 is 14.4 Å². The Hall–Kier alpha value is -2.13. The molecule has 100 valence electrons. The van der Waals surface area contributed by atoms with Gasteiger partial charge >= 0.3 is 0 Å². The van der Waals surface area contributed by atoms with Crippen LogP contribution in [0, 0.1) is 17.1 Å². The zero-order valence-corrected chi connectivity index (χ0v) is 10.3. The summed E-state index contributed by atoms with van der Waals surface area (Å²) in [5.74, 6) is -0.764. The molecule has 0 radical (unpaired) electrons. The van der Waals surface area contributed by atoms with Crippen LogP contribution >= 0.6 is 0 Å². The SMILES string of the molecule is N#Cc1c(F)cccc1OCC(=O)N1CCOCC1. The number of ether oxygens (including phenoxy) is 2. The van der Waals surface area contributed by atoms with Crippen LogP contribution in [-0.2, 0) is 9.53 Å². The van der Waals surface area contributed by atoms with Gasteiger partial charge in [-0.15, -0.1) is 0 Å². The summed E-state index contributed by atoms with van der Waals surface area (Å²) in [5.41, 5.74) is -0.183. The Morgan fingerprint density at radius 1 is 1.47 bits per heavy atom. The average molecular weight is 264 g/mol. The summed E-state index contributed by atoms with van der Waals surface area (Å²) in [7, 11) is 0. The second-order valence-corrected chi connectivity index (χ2v) is 4.01. The van der Waals surface area contributed by atoms with Crippen molar-refractivity contribution in [1.82, 2.24) is 4.90 Å². The molecule has 0 N–H and O–H groups in total. The number of hydrogen-bond acceptors (Lipinski definition) is 4. The highest BCUT2D eigenvalue weighted by Crippen LogP contribution is 2.20. The zero-order valence-electron chi connectivity index (χ0n) is 10.3. The van der Waals surface area contributed by atoms with Gasteiger partial charge in [0.1, 0.15) is 23.2 Å². The molecule has 5 nitrogen and oxygen atoms in total. The van der Waals surface area contributed by atoms with Gasteiger partial charge in [0.25, 0.3) is 5.91 Å². The number of benzene rings is 1. The van der Waals surface area contributed by atoms with Crippen molar-refractivity contribution in [1.29, 1.82) is 5.26 Å². The predicted molar refractivity (Wildman–Crippen MR) is 64.0 cm³/mol. The Kier molecular flexibility index (Phi) is 4.31. The molecule has 1 aliphatic heterocycles. The van der Waals surface area contributed by atoms with Crippen LogP contribution in [0.25, 0.3) is 0 Å². The quantitative estimate of drug-likeness (QED) is 0.815. The molecule has 0 atom stereocenters. The minimum Gasteiger partial charge on any atom is -0.482 e. The molecule has 0 unspecified atom stereocenters. The summed E-state index contributed by atoms with van der Waals surface area (Å²) in [6, 6.07) is 5.80. The topological polar surface area (TPSA) is 62.6 Å². The number of nitrogens with zero attached hydrogens (tertiary/aromatic N) is 2. The van der Waals surface area contributed by atoms with Gasteiger partial charge in [0, 0.05) is 13.1 Å². The highest BCUT2D eigenvalue weighted by atomic mass is 19.1. The first-order chi connectivity index (χ1) is 9.22. The third-order valence-electron chi connectivity index (χ3n) is 2.80. The van der Waals surface area contributed by atoms with Crippen molar-refractivity contribution >= 4 is 5.91 Å². The Labute approximate surface area is 110 Å². The predicted octanol–water partition coefficient (Wildman–Crippen LogP) is 0.935. The van der Waals surface area contributed by atoms with E-state index in [9.17, 15) is 9.18 Å². The molecular formula is C13H13FN2O3. The highest BCUT2D eigenvalue weighted by Gasteiger charge is 2.18. The lowest BCUT2D eigenvalue weighted by Crippen LogP contribution is -2.43. The molecule has 1 fully saturated rings. The van der Waals surface area contributed by atoms with Gasteiger partial charge in [0.15, 0.2) is 6.61 Å². The van der Waals surface area contributed by atoms with Crippen molar-refractivity contribution in [2.75, 3.05) is 32.9 Å². The van der Waals surface area contributed by atoms with Crippen molar-refractivity contribution in [2.45, 2.75) is 0 Å². The minimum absolute atomic E-state index is 0.0871. The zero-order chi connectivity index (χ0) is 13.7. The molecule has 1 aromatic rings. The van der Waals surface area contributed by atoms with E-state index in [-0.39, 0.29) is 23.8 Å². The second-order valence-electron chi connectivity index (χ2n) is 4.01. The number of hydrogen-bond donors (Lipinski definition) is 0. The van der Waals surface area contributed by atoms with Gasteiger partial charge in [-0.1, -0.05) is 6.07 Å². The molecule has 1 saturated heterocycles. The van der Waals surface area contributed by atoms with Gasteiger partial charge in [-0.2, -0.15) is 5.26 Å². The summed E-state index contributed by atoms with van der Waals surface area (Å²) in [6.45, 7) is 1.86. The van der Waals surface area contributed by atoms with Gasteiger partial charge in [0.05, 0.1) is 13.2 Å². The largest absolute Gasteiger partial charge is 0.482 e. The van der Waals surface area contributed by atoms with Crippen LogP contribution < -0.4 is 4.74 Å². The molecule has 1 heterocycles. The molecule has 0 bridgehead atoms. The Morgan fingerprint density at radius 3 is 2.89 bits per heavy atom. The van der Waals surface area contributed by atoms with E-state index in [1.807, 2.05) is 0 Å². The lowest BCUT2D eigenvalue weighted by Gasteiger charge is -2.26. The van der Waals surface area contributed by atoms with Gasteiger partial charge in [-0.25, -0.2) is 4.39 Å². The van der Waals surface area contributed by atoms with E-state index in [4.69, 9.17) is 14.7 Å². The number of amides is 1. The third-order valence-corrected chi connectivity index (χ3v) is 2.80. The fourth-order valence-corrected chi connectivity index (χ4v) is 1.78. The molecular weight excluding hydrogens is 251 g/mol. The standard InChI is InChI=1S/C13H13FN2O3/c14-11-2-1-3-12(10(11)8-15)19-9-13(17)16-4-6-18-7-5-16/h1-3H,4-7,9H2. The summed E-state index contributed by atoms with van der Waals surface area (Å²) < 4.78 is 23.7. The maximum atomic E-state index is 13.3. The Bertz CT molecular complexity index is 507. The van der Waals surface area contributed by atoms with Crippen LogP contribution in [0.2, 0.25) is 0 Å². The van der Waals surface area contributed by atoms with Crippen LogP contribution in [0.1, 0.15) is 5.56 Å². The molecule has 0 aromatic heterocycles. The van der Waals surface area contributed by atoms with Gasteiger partial charge in [-0.05, 0) is 12.1 Å². The third kappa shape index (κ3) is 3.20. The monoisotopic (exact) mass is 264 g/mol. The molecule has 1 aliphatic rings. The number of carbonyl (C=O) groups is 1. The minimum atomic E-state index is -0.654. The van der Waals surface area contributed by atoms with Crippen LogP contribution in [0.15, 0.2) is 18.2 Å². The molecule has 6 heteroatoms. The number of morpholine rings is 1. The maximum Gasteiger partial charge on any atom is 0.260 e. The van der Waals surface area contributed by atoms with Crippen LogP contribution in [0.3, 0.4) is 0 Å². The first-order valence-electron chi connectivity index (χ1n) is 5.89. The van der Waals surface area contributed by atoms with Crippen molar-refractivity contribution < 1.29 is 18.7 Å². The summed E-state index contributed by atoms with van der Waals surface area (Å²) in [6.07, 6.45) is 0. The maximum absolute atomic E-state index is 13.3. The molecule has 1 aromatic carbocycles. The lowest BCUT2D eigenvalue weighted by molar-refractivity contribution is -0.137. The van der Waals surface area contributed by atoms with Crippen molar-refractivity contribution in [2.24, 2.45) is 0 Å². The first-order valence-corrected chi connectivity index (χ1v) is 5.89. The molecule has 2 rings (SSSR count). The van der Waals surface area contributed by atoms with Crippen molar-refractivity contribution in [3.63, 3.8) is 0 Å². The summed E-state index contributed by atoms with van der Waals surface area (Å²) in [4.78, 5) is 13.4. The normalized spacial score (nSPS) is 14.8. The Morgan fingerprint density at radius 2 is 2.21 bits per heavy atom. The van der Waals surface area contributed by atoms with E-state index in [0.717, 1.165) is 0 Å². The number of nitriles is 1. The molecule has 0 spiro atoms. The average Bonchev–Trinajstić information content (AvgIpc) is 2.45. The molecule has 0 aliphatic carbocycles. The number of rotatable bonds is 3.